The van der Waals surface area contributed by atoms with Crippen LogP contribution in [0.4, 0.5) is 0 Å². The van der Waals surface area contributed by atoms with Gasteiger partial charge in [-0.2, -0.15) is 0 Å². The minimum absolute atomic E-state index is 0.186. The molecule has 0 amide bonds. The van der Waals surface area contributed by atoms with Crippen LogP contribution in [0.15, 0.2) is 26.8 Å². The summed E-state index contributed by atoms with van der Waals surface area (Å²) in [7, 11) is 0. The molecule has 0 spiro atoms. The van der Waals surface area contributed by atoms with Crippen LogP contribution in [0.25, 0.3) is 6.08 Å². The lowest BCUT2D eigenvalue weighted by atomic mass is 10.1. The summed E-state index contributed by atoms with van der Waals surface area (Å²) in [5, 5.41) is 11.2. The first-order valence-corrected chi connectivity index (χ1v) is 7.90. The summed E-state index contributed by atoms with van der Waals surface area (Å²) in [6.07, 6.45) is 2.00. The molecule has 6 heteroatoms. The standard InChI is InChI=1S/C14H17Br2NO3/c1-4-20-14-10(6-11(15)8-13(14)16)7-12(17(18)19)5-9(2)3/h6-9H,4-5H2,1-3H3. The number of rotatable bonds is 6. The number of allylic oxidation sites excluding steroid dienone is 1. The van der Waals surface area contributed by atoms with Crippen LogP contribution in [-0.2, 0) is 0 Å². The van der Waals surface area contributed by atoms with Gasteiger partial charge in [0.1, 0.15) is 5.75 Å². The maximum Gasteiger partial charge on any atom is 0.247 e. The minimum atomic E-state index is -0.329. The van der Waals surface area contributed by atoms with Gasteiger partial charge in [0.25, 0.3) is 0 Å². The first kappa shape index (κ1) is 17.2. The third kappa shape index (κ3) is 4.90. The molecule has 4 nitrogen and oxygen atoms in total. The zero-order chi connectivity index (χ0) is 15.3. The average Bonchev–Trinajstić information content (AvgIpc) is 2.31. The topological polar surface area (TPSA) is 52.4 Å². The molecule has 0 aliphatic carbocycles. The molecule has 110 valence electrons. The van der Waals surface area contributed by atoms with Gasteiger partial charge in [-0.25, -0.2) is 0 Å². The largest absolute Gasteiger partial charge is 0.492 e. The molecule has 0 bridgehead atoms. The highest BCUT2D eigenvalue weighted by molar-refractivity contribution is 9.11. The highest BCUT2D eigenvalue weighted by atomic mass is 79.9. The van der Waals surface area contributed by atoms with Gasteiger partial charge in [-0.3, -0.25) is 10.1 Å². The molecule has 0 saturated carbocycles. The molecule has 0 aliphatic heterocycles. The Kier molecular flexibility index (Phi) is 6.68. The van der Waals surface area contributed by atoms with Gasteiger partial charge in [0.2, 0.25) is 5.70 Å². The molecular weight excluding hydrogens is 390 g/mol. The molecule has 0 atom stereocenters. The van der Waals surface area contributed by atoms with E-state index >= 15 is 0 Å². The summed E-state index contributed by atoms with van der Waals surface area (Å²) in [4.78, 5) is 10.8. The van der Waals surface area contributed by atoms with Gasteiger partial charge in [0, 0.05) is 22.5 Å². The molecule has 0 heterocycles. The van der Waals surface area contributed by atoms with Crippen LogP contribution in [-0.4, -0.2) is 11.5 Å². The molecule has 0 aliphatic rings. The van der Waals surface area contributed by atoms with E-state index < -0.39 is 0 Å². The average molecular weight is 407 g/mol. The van der Waals surface area contributed by atoms with Crippen molar-refractivity contribution in [3.8, 4) is 5.75 Å². The Hall–Kier alpha value is -0.880. The van der Waals surface area contributed by atoms with Crippen LogP contribution >= 0.6 is 31.9 Å². The second kappa shape index (κ2) is 7.78. The van der Waals surface area contributed by atoms with Crippen molar-refractivity contribution in [2.24, 2.45) is 5.92 Å². The molecule has 1 rings (SSSR count). The van der Waals surface area contributed by atoms with Crippen molar-refractivity contribution >= 4 is 37.9 Å². The molecule has 0 saturated heterocycles. The number of halogens is 2. The summed E-state index contributed by atoms with van der Waals surface area (Å²) < 4.78 is 7.18. The van der Waals surface area contributed by atoms with Crippen molar-refractivity contribution in [1.29, 1.82) is 0 Å². The van der Waals surface area contributed by atoms with E-state index in [9.17, 15) is 10.1 Å². The first-order chi connectivity index (χ1) is 9.35. The highest BCUT2D eigenvalue weighted by Gasteiger charge is 2.16. The lowest BCUT2D eigenvalue weighted by molar-refractivity contribution is -0.427. The Bertz CT molecular complexity index is 527. The smallest absolute Gasteiger partial charge is 0.247 e. The maximum atomic E-state index is 11.2. The van der Waals surface area contributed by atoms with E-state index in [-0.39, 0.29) is 16.5 Å². The molecule has 0 N–H and O–H groups in total. The quantitative estimate of drug-likeness (QED) is 0.477. The van der Waals surface area contributed by atoms with Crippen molar-refractivity contribution in [3.05, 3.63) is 42.5 Å². The minimum Gasteiger partial charge on any atom is -0.492 e. The Morgan fingerprint density at radius 2 is 2.10 bits per heavy atom. The van der Waals surface area contributed by atoms with Crippen LogP contribution in [0.5, 0.6) is 5.75 Å². The molecule has 1 aromatic rings. The third-order valence-corrected chi connectivity index (χ3v) is 3.55. The van der Waals surface area contributed by atoms with E-state index in [2.05, 4.69) is 31.9 Å². The van der Waals surface area contributed by atoms with Crippen molar-refractivity contribution in [2.45, 2.75) is 27.2 Å². The van der Waals surface area contributed by atoms with E-state index in [1.165, 1.54) is 0 Å². The Morgan fingerprint density at radius 1 is 1.45 bits per heavy atom. The van der Waals surface area contributed by atoms with Gasteiger partial charge < -0.3 is 4.74 Å². The lowest BCUT2D eigenvalue weighted by Crippen LogP contribution is -2.03. The summed E-state index contributed by atoms with van der Waals surface area (Å²) in [6.45, 7) is 6.29. The fraction of sp³-hybridized carbons (Fsp3) is 0.429. The number of ether oxygens (including phenoxy) is 1. The molecule has 1 aromatic carbocycles. The number of nitrogens with zero attached hydrogens (tertiary/aromatic N) is 1. The maximum absolute atomic E-state index is 11.2. The summed E-state index contributed by atoms with van der Waals surface area (Å²) in [5.74, 6) is 0.844. The predicted molar refractivity (Wildman–Crippen MR) is 87.4 cm³/mol. The Balaban J connectivity index is 3.31. The second-order valence-corrected chi connectivity index (χ2v) is 6.50. The van der Waals surface area contributed by atoms with Gasteiger partial charge >= 0.3 is 0 Å². The highest BCUT2D eigenvalue weighted by Crippen LogP contribution is 2.34. The lowest BCUT2D eigenvalue weighted by Gasteiger charge is -2.11. The summed E-state index contributed by atoms with van der Waals surface area (Å²) in [5.41, 5.74) is 0.881. The molecule has 20 heavy (non-hydrogen) atoms. The van der Waals surface area contributed by atoms with Crippen LogP contribution in [0, 0.1) is 16.0 Å². The number of benzene rings is 1. The summed E-state index contributed by atoms with van der Waals surface area (Å²) in [6, 6.07) is 3.68. The molecule has 0 unspecified atom stereocenters. The predicted octanol–water partition coefficient (Wildman–Crippen LogP) is 5.27. The van der Waals surface area contributed by atoms with Crippen LogP contribution in [0.1, 0.15) is 32.8 Å². The zero-order valence-corrected chi connectivity index (χ0v) is 14.8. The van der Waals surface area contributed by atoms with Gasteiger partial charge in [0.05, 0.1) is 16.0 Å². The second-order valence-electron chi connectivity index (χ2n) is 4.73. The van der Waals surface area contributed by atoms with Gasteiger partial charge in [-0.15, -0.1) is 0 Å². The Labute approximate surface area is 135 Å². The van der Waals surface area contributed by atoms with Crippen LogP contribution in [0.2, 0.25) is 0 Å². The van der Waals surface area contributed by atoms with Crippen LogP contribution < -0.4 is 4.74 Å². The van der Waals surface area contributed by atoms with E-state index in [0.717, 1.165) is 8.95 Å². The van der Waals surface area contributed by atoms with Crippen molar-refractivity contribution in [2.75, 3.05) is 6.61 Å². The Morgan fingerprint density at radius 3 is 2.60 bits per heavy atom. The summed E-state index contributed by atoms with van der Waals surface area (Å²) >= 11 is 6.81. The van der Waals surface area contributed by atoms with E-state index in [1.807, 2.05) is 32.9 Å². The fourth-order valence-electron chi connectivity index (χ4n) is 1.77. The molecular formula is C14H17Br2NO3. The molecule has 0 aromatic heterocycles. The van der Waals surface area contributed by atoms with Gasteiger partial charge in [0.15, 0.2) is 0 Å². The van der Waals surface area contributed by atoms with Crippen molar-refractivity contribution < 1.29 is 9.66 Å². The SMILES string of the molecule is CCOc1c(Br)cc(Br)cc1C=C(CC(C)C)[N+](=O)[O-]. The third-order valence-electron chi connectivity index (χ3n) is 2.50. The van der Waals surface area contributed by atoms with E-state index in [4.69, 9.17) is 4.74 Å². The normalized spacial score (nSPS) is 11.8. The number of nitro groups is 1. The number of hydrogen-bond donors (Lipinski definition) is 0. The van der Waals surface area contributed by atoms with Gasteiger partial charge in [-0.05, 0) is 40.9 Å². The molecule has 0 radical (unpaired) electrons. The van der Waals surface area contributed by atoms with Crippen molar-refractivity contribution in [1.82, 2.24) is 0 Å². The fourth-order valence-corrected chi connectivity index (χ4v) is 3.14. The van der Waals surface area contributed by atoms with E-state index in [1.54, 1.807) is 6.08 Å². The number of hydrogen-bond acceptors (Lipinski definition) is 3. The van der Waals surface area contributed by atoms with Gasteiger partial charge in [-0.1, -0.05) is 29.8 Å². The van der Waals surface area contributed by atoms with Crippen LogP contribution in [0.3, 0.4) is 0 Å². The van der Waals surface area contributed by atoms with Crippen molar-refractivity contribution in [3.63, 3.8) is 0 Å². The zero-order valence-electron chi connectivity index (χ0n) is 11.7. The van der Waals surface area contributed by atoms with E-state index in [0.29, 0.717) is 24.3 Å². The monoisotopic (exact) mass is 405 g/mol. The first-order valence-electron chi connectivity index (χ1n) is 6.32. The molecule has 0 fully saturated rings.